The minimum Gasteiger partial charge on any atom is -0.356 e. The van der Waals surface area contributed by atoms with Crippen molar-refractivity contribution in [1.29, 1.82) is 0 Å². The van der Waals surface area contributed by atoms with Crippen molar-refractivity contribution in [2.24, 2.45) is 5.92 Å². The molecule has 0 aromatic rings. The van der Waals surface area contributed by atoms with Crippen LogP contribution >= 0.6 is 0 Å². The van der Waals surface area contributed by atoms with Crippen LogP contribution in [-0.4, -0.2) is 29.2 Å². The summed E-state index contributed by atoms with van der Waals surface area (Å²) in [6, 6.07) is 0.432. The van der Waals surface area contributed by atoms with Crippen molar-refractivity contribution >= 4 is 5.91 Å². The highest BCUT2D eigenvalue weighted by Crippen LogP contribution is 2.39. The maximum atomic E-state index is 11.5. The Morgan fingerprint density at radius 2 is 2.25 bits per heavy atom. The maximum absolute atomic E-state index is 11.5. The summed E-state index contributed by atoms with van der Waals surface area (Å²) in [7, 11) is 0. The van der Waals surface area contributed by atoms with Crippen molar-refractivity contribution in [3.8, 4) is 0 Å². The molecule has 0 bridgehead atoms. The first-order chi connectivity index (χ1) is 5.54. The van der Waals surface area contributed by atoms with Crippen LogP contribution in [0.5, 0.6) is 0 Å². The highest BCUT2D eigenvalue weighted by atomic mass is 16.5. The SMILES string of the molecule is C[C@H]1C(=O)N2C1CCOC2(C)C. The molecule has 0 radical (unpaired) electrons. The topological polar surface area (TPSA) is 29.5 Å². The number of β-lactam (4-membered cyclic amide) rings is 1. The average molecular weight is 169 g/mol. The molecule has 0 saturated carbocycles. The molecule has 3 heteroatoms. The monoisotopic (exact) mass is 169 g/mol. The molecule has 0 aromatic carbocycles. The van der Waals surface area contributed by atoms with Gasteiger partial charge in [-0.3, -0.25) is 4.79 Å². The standard InChI is InChI=1S/C9H15NO2/c1-6-7-4-5-12-9(2,3)10(7)8(6)11/h6-7H,4-5H2,1-3H3/t6-,7?/m1/s1. The second-order valence-electron chi connectivity index (χ2n) is 4.15. The Labute approximate surface area is 72.7 Å². The van der Waals surface area contributed by atoms with E-state index in [0.29, 0.717) is 6.04 Å². The third-order valence-corrected chi connectivity index (χ3v) is 2.98. The summed E-state index contributed by atoms with van der Waals surface area (Å²) in [5, 5.41) is 0. The van der Waals surface area contributed by atoms with Gasteiger partial charge in [0.1, 0.15) is 5.72 Å². The van der Waals surface area contributed by atoms with E-state index >= 15 is 0 Å². The molecule has 1 amide bonds. The van der Waals surface area contributed by atoms with Gasteiger partial charge < -0.3 is 9.64 Å². The summed E-state index contributed by atoms with van der Waals surface area (Å²) in [5.74, 6) is 0.456. The number of nitrogens with zero attached hydrogens (tertiary/aromatic N) is 1. The molecule has 0 aromatic heterocycles. The Kier molecular flexibility index (Phi) is 1.49. The van der Waals surface area contributed by atoms with E-state index in [1.807, 2.05) is 25.7 Å². The van der Waals surface area contributed by atoms with Gasteiger partial charge in [0.05, 0.1) is 12.5 Å². The van der Waals surface area contributed by atoms with Crippen LogP contribution in [0.1, 0.15) is 27.2 Å². The number of amides is 1. The van der Waals surface area contributed by atoms with E-state index in [9.17, 15) is 4.79 Å². The second-order valence-corrected chi connectivity index (χ2v) is 4.15. The summed E-state index contributed by atoms with van der Waals surface area (Å²) < 4.78 is 5.52. The van der Waals surface area contributed by atoms with E-state index in [0.717, 1.165) is 13.0 Å². The van der Waals surface area contributed by atoms with Crippen LogP contribution < -0.4 is 0 Å². The van der Waals surface area contributed by atoms with Crippen LogP contribution in [0.25, 0.3) is 0 Å². The van der Waals surface area contributed by atoms with Crippen LogP contribution in [0, 0.1) is 5.92 Å². The number of carbonyl (C=O) groups excluding carboxylic acids is 1. The number of hydrogen-bond acceptors (Lipinski definition) is 2. The smallest absolute Gasteiger partial charge is 0.229 e. The lowest BCUT2D eigenvalue weighted by atomic mass is 9.83. The predicted octanol–water partition coefficient (Wildman–Crippen LogP) is 0.990. The lowest BCUT2D eigenvalue weighted by Gasteiger charge is -2.56. The zero-order valence-electron chi connectivity index (χ0n) is 7.83. The largest absolute Gasteiger partial charge is 0.356 e. The van der Waals surface area contributed by atoms with E-state index in [2.05, 4.69) is 0 Å². The number of carbonyl (C=O) groups is 1. The van der Waals surface area contributed by atoms with Gasteiger partial charge in [0, 0.05) is 6.04 Å². The van der Waals surface area contributed by atoms with Gasteiger partial charge in [-0.25, -0.2) is 0 Å². The molecule has 0 aliphatic carbocycles. The van der Waals surface area contributed by atoms with Gasteiger partial charge in [-0.15, -0.1) is 0 Å². The van der Waals surface area contributed by atoms with E-state index in [4.69, 9.17) is 4.74 Å². The minimum atomic E-state index is -0.369. The molecule has 2 fully saturated rings. The van der Waals surface area contributed by atoms with E-state index in [1.165, 1.54) is 0 Å². The fourth-order valence-electron chi connectivity index (χ4n) is 2.23. The molecular weight excluding hydrogens is 154 g/mol. The Balaban J connectivity index is 2.20. The van der Waals surface area contributed by atoms with Crippen molar-refractivity contribution in [3.63, 3.8) is 0 Å². The highest BCUT2D eigenvalue weighted by molar-refractivity contribution is 5.86. The van der Waals surface area contributed by atoms with Gasteiger partial charge in [-0.2, -0.15) is 0 Å². The van der Waals surface area contributed by atoms with Gasteiger partial charge in [0.15, 0.2) is 0 Å². The fraction of sp³-hybridized carbons (Fsp3) is 0.889. The average Bonchev–Trinajstić information content (AvgIpc) is 2.01. The van der Waals surface area contributed by atoms with Crippen LogP contribution in [0.3, 0.4) is 0 Å². The molecule has 2 saturated heterocycles. The Morgan fingerprint density at radius 3 is 2.83 bits per heavy atom. The predicted molar refractivity (Wildman–Crippen MR) is 44.4 cm³/mol. The van der Waals surface area contributed by atoms with Crippen molar-refractivity contribution in [1.82, 2.24) is 4.90 Å². The van der Waals surface area contributed by atoms with Crippen molar-refractivity contribution < 1.29 is 9.53 Å². The third-order valence-electron chi connectivity index (χ3n) is 2.98. The van der Waals surface area contributed by atoms with Gasteiger partial charge >= 0.3 is 0 Å². The van der Waals surface area contributed by atoms with Gasteiger partial charge in [0.2, 0.25) is 5.91 Å². The van der Waals surface area contributed by atoms with E-state index < -0.39 is 0 Å². The zero-order chi connectivity index (χ0) is 8.93. The van der Waals surface area contributed by atoms with Crippen LogP contribution in [0.2, 0.25) is 0 Å². The first-order valence-corrected chi connectivity index (χ1v) is 4.51. The Bertz CT molecular complexity index is 225. The molecule has 2 heterocycles. The van der Waals surface area contributed by atoms with E-state index in [1.54, 1.807) is 0 Å². The minimum absolute atomic E-state index is 0.216. The molecule has 2 aliphatic heterocycles. The maximum Gasteiger partial charge on any atom is 0.229 e. The van der Waals surface area contributed by atoms with Gasteiger partial charge in [-0.05, 0) is 20.3 Å². The van der Waals surface area contributed by atoms with Gasteiger partial charge in [0.25, 0.3) is 0 Å². The Morgan fingerprint density at radius 1 is 1.58 bits per heavy atom. The normalized spacial score (nSPS) is 38.9. The molecule has 2 atom stereocenters. The van der Waals surface area contributed by atoms with Crippen LogP contribution in [-0.2, 0) is 9.53 Å². The lowest BCUT2D eigenvalue weighted by molar-refractivity contribution is -0.231. The molecule has 0 spiro atoms. The summed E-state index contributed by atoms with van der Waals surface area (Å²) in [6.45, 7) is 6.71. The van der Waals surface area contributed by atoms with Crippen LogP contribution in [0.4, 0.5) is 0 Å². The quantitative estimate of drug-likeness (QED) is 0.506. The molecule has 12 heavy (non-hydrogen) atoms. The lowest BCUT2D eigenvalue weighted by Crippen LogP contribution is -2.70. The first kappa shape index (κ1) is 8.05. The summed E-state index contributed by atoms with van der Waals surface area (Å²) in [4.78, 5) is 13.3. The number of rotatable bonds is 0. The second kappa shape index (κ2) is 2.22. The molecule has 2 rings (SSSR count). The third kappa shape index (κ3) is 0.829. The summed E-state index contributed by atoms with van der Waals surface area (Å²) in [6.07, 6.45) is 0.996. The van der Waals surface area contributed by atoms with Gasteiger partial charge in [-0.1, -0.05) is 6.92 Å². The molecule has 68 valence electrons. The molecule has 3 nitrogen and oxygen atoms in total. The molecular formula is C9H15NO2. The number of hydrogen-bond donors (Lipinski definition) is 0. The molecule has 0 N–H and O–H groups in total. The first-order valence-electron chi connectivity index (χ1n) is 4.51. The van der Waals surface area contributed by atoms with Crippen molar-refractivity contribution in [2.45, 2.75) is 39.0 Å². The van der Waals surface area contributed by atoms with Crippen molar-refractivity contribution in [2.75, 3.05) is 6.61 Å². The number of ether oxygens (including phenoxy) is 1. The highest BCUT2D eigenvalue weighted by Gasteiger charge is 2.53. The summed E-state index contributed by atoms with van der Waals surface area (Å²) >= 11 is 0. The summed E-state index contributed by atoms with van der Waals surface area (Å²) in [5.41, 5.74) is -0.369. The Hall–Kier alpha value is -0.570. The fourth-order valence-corrected chi connectivity index (χ4v) is 2.23. The molecule has 1 unspecified atom stereocenters. The van der Waals surface area contributed by atoms with E-state index in [-0.39, 0.29) is 17.6 Å². The zero-order valence-corrected chi connectivity index (χ0v) is 7.83. The van der Waals surface area contributed by atoms with Crippen LogP contribution in [0.15, 0.2) is 0 Å². The number of fused-ring (bicyclic) bond motifs is 1. The molecule has 2 aliphatic rings. The van der Waals surface area contributed by atoms with Crippen molar-refractivity contribution in [3.05, 3.63) is 0 Å².